The minimum absolute atomic E-state index is 0.0709. The van der Waals surface area contributed by atoms with Crippen molar-refractivity contribution in [2.45, 2.75) is 26.3 Å². The summed E-state index contributed by atoms with van der Waals surface area (Å²) in [5.41, 5.74) is 0. The number of nitrogens with zero attached hydrogens (tertiary/aromatic N) is 3. The summed E-state index contributed by atoms with van der Waals surface area (Å²) in [7, 11) is 0. The summed E-state index contributed by atoms with van der Waals surface area (Å²) in [6.07, 6.45) is 3.61. The maximum Gasteiger partial charge on any atom is 0.244 e. The zero-order valence-electron chi connectivity index (χ0n) is 8.90. The van der Waals surface area contributed by atoms with Gasteiger partial charge in [0.25, 0.3) is 0 Å². The average molecular weight is 206 g/mol. The fourth-order valence-corrected chi connectivity index (χ4v) is 1.06. The van der Waals surface area contributed by atoms with Crippen molar-refractivity contribution >= 4 is 5.91 Å². The van der Waals surface area contributed by atoms with Gasteiger partial charge in [0.1, 0.15) is 18.7 Å². The standard InChI is InChI=1S/C10H14N4O/c1-3-4-5-6-12-10(15)9(2)14-8-11-7-13-14/h7-9H,5-6H2,1-2H3,(H,12,15). The fourth-order valence-electron chi connectivity index (χ4n) is 1.06. The number of hydrogen-bond donors (Lipinski definition) is 1. The molecule has 1 N–H and O–H groups in total. The first-order valence-electron chi connectivity index (χ1n) is 4.77. The normalized spacial score (nSPS) is 11.3. The van der Waals surface area contributed by atoms with Crippen molar-refractivity contribution in [1.29, 1.82) is 0 Å². The van der Waals surface area contributed by atoms with Crippen LogP contribution in [0, 0.1) is 11.8 Å². The highest BCUT2D eigenvalue weighted by molar-refractivity contribution is 5.79. The minimum atomic E-state index is -0.331. The molecule has 1 heterocycles. The Labute approximate surface area is 88.9 Å². The fraction of sp³-hybridized carbons (Fsp3) is 0.500. The number of nitrogens with one attached hydrogen (secondary N) is 1. The van der Waals surface area contributed by atoms with Gasteiger partial charge in [-0.3, -0.25) is 4.79 Å². The van der Waals surface area contributed by atoms with E-state index in [1.807, 2.05) is 0 Å². The zero-order chi connectivity index (χ0) is 11.1. The zero-order valence-corrected chi connectivity index (χ0v) is 8.90. The van der Waals surface area contributed by atoms with E-state index >= 15 is 0 Å². The molecular weight excluding hydrogens is 192 g/mol. The molecule has 15 heavy (non-hydrogen) atoms. The lowest BCUT2D eigenvalue weighted by Crippen LogP contribution is -2.31. The van der Waals surface area contributed by atoms with Crippen LogP contribution in [0.4, 0.5) is 0 Å². The maximum absolute atomic E-state index is 11.6. The molecule has 1 unspecified atom stereocenters. The van der Waals surface area contributed by atoms with Crippen molar-refractivity contribution in [2.75, 3.05) is 6.54 Å². The van der Waals surface area contributed by atoms with Crippen molar-refractivity contribution in [1.82, 2.24) is 20.1 Å². The molecule has 0 aliphatic heterocycles. The van der Waals surface area contributed by atoms with E-state index in [4.69, 9.17) is 0 Å². The molecule has 0 saturated carbocycles. The quantitative estimate of drug-likeness (QED) is 0.572. The SMILES string of the molecule is CC#CCCNC(=O)C(C)n1cncn1. The number of hydrogen-bond acceptors (Lipinski definition) is 3. The van der Waals surface area contributed by atoms with Crippen molar-refractivity contribution in [2.24, 2.45) is 0 Å². The Kier molecular flexibility index (Phi) is 4.35. The number of rotatable bonds is 4. The summed E-state index contributed by atoms with van der Waals surface area (Å²) in [5, 5.41) is 6.67. The van der Waals surface area contributed by atoms with Crippen LogP contribution >= 0.6 is 0 Å². The molecular formula is C10H14N4O. The van der Waals surface area contributed by atoms with E-state index in [1.54, 1.807) is 13.8 Å². The van der Waals surface area contributed by atoms with Crippen LogP contribution in [0.2, 0.25) is 0 Å². The van der Waals surface area contributed by atoms with Gasteiger partial charge in [0.2, 0.25) is 5.91 Å². The maximum atomic E-state index is 11.6. The van der Waals surface area contributed by atoms with Gasteiger partial charge in [0, 0.05) is 13.0 Å². The second kappa shape index (κ2) is 5.81. The predicted molar refractivity (Wildman–Crippen MR) is 55.8 cm³/mol. The highest BCUT2D eigenvalue weighted by atomic mass is 16.2. The number of carbonyl (C=O) groups excluding carboxylic acids is 1. The van der Waals surface area contributed by atoms with Gasteiger partial charge in [-0.05, 0) is 13.8 Å². The molecule has 1 amide bonds. The van der Waals surface area contributed by atoms with Crippen molar-refractivity contribution in [3.63, 3.8) is 0 Å². The smallest absolute Gasteiger partial charge is 0.244 e. The summed E-state index contributed by atoms with van der Waals surface area (Å²) in [6.45, 7) is 4.12. The Hall–Kier alpha value is -1.83. The third kappa shape index (κ3) is 3.43. The molecule has 1 aromatic heterocycles. The van der Waals surface area contributed by atoms with Gasteiger partial charge in [0.15, 0.2) is 0 Å². The molecule has 1 aromatic rings. The first-order chi connectivity index (χ1) is 7.25. The molecule has 0 spiro atoms. The summed E-state index contributed by atoms with van der Waals surface area (Å²) in [4.78, 5) is 15.3. The predicted octanol–water partition coefficient (Wildman–Crippen LogP) is 0.369. The monoisotopic (exact) mass is 206 g/mol. The summed E-state index contributed by atoms with van der Waals surface area (Å²) < 4.78 is 1.51. The lowest BCUT2D eigenvalue weighted by Gasteiger charge is -2.10. The van der Waals surface area contributed by atoms with Gasteiger partial charge < -0.3 is 5.32 Å². The molecule has 5 heteroatoms. The number of carbonyl (C=O) groups is 1. The van der Waals surface area contributed by atoms with E-state index in [0.717, 1.165) is 0 Å². The van der Waals surface area contributed by atoms with E-state index in [1.165, 1.54) is 17.3 Å². The third-order valence-corrected chi connectivity index (χ3v) is 1.94. The highest BCUT2D eigenvalue weighted by Crippen LogP contribution is 2.00. The van der Waals surface area contributed by atoms with Gasteiger partial charge in [-0.2, -0.15) is 5.10 Å². The van der Waals surface area contributed by atoms with Crippen LogP contribution in [0.3, 0.4) is 0 Å². The van der Waals surface area contributed by atoms with Crippen LogP contribution in [0.15, 0.2) is 12.7 Å². The van der Waals surface area contributed by atoms with Crippen LogP contribution in [0.5, 0.6) is 0 Å². The Morgan fingerprint density at radius 3 is 3.07 bits per heavy atom. The summed E-state index contributed by atoms with van der Waals surface area (Å²) in [6, 6.07) is -0.331. The molecule has 5 nitrogen and oxygen atoms in total. The molecule has 0 saturated heterocycles. The van der Waals surface area contributed by atoms with E-state index in [2.05, 4.69) is 27.2 Å². The highest BCUT2D eigenvalue weighted by Gasteiger charge is 2.13. The molecule has 0 aliphatic carbocycles. The van der Waals surface area contributed by atoms with E-state index in [9.17, 15) is 4.79 Å². The second-order valence-electron chi connectivity index (χ2n) is 3.02. The van der Waals surface area contributed by atoms with Gasteiger partial charge in [0.05, 0.1) is 0 Å². The second-order valence-corrected chi connectivity index (χ2v) is 3.02. The number of amides is 1. The van der Waals surface area contributed by atoms with E-state index in [-0.39, 0.29) is 11.9 Å². The molecule has 1 rings (SSSR count). The van der Waals surface area contributed by atoms with Gasteiger partial charge >= 0.3 is 0 Å². The van der Waals surface area contributed by atoms with E-state index < -0.39 is 0 Å². The van der Waals surface area contributed by atoms with E-state index in [0.29, 0.717) is 13.0 Å². The van der Waals surface area contributed by atoms with Crippen LogP contribution in [-0.2, 0) is 4.79 Å². The summed E-state index contributed by atoms with van der Waals surface area (Å²) >= 11 is 0. The Morgan fingerprint density at radius 2 is 2.47 bits per heavy atom. The van der Waals surface area contributed by atoms with Crippen LogP contribution in [0.25, 0.3) is 0 Å². The lowest BCUT2D eigenvalue weighted by molar-refractivity contribution is -0.124. The first kappa shape index (κ1) is 11.2. The molecule has 80 valence electrons. The first-order valence-corrected chi connectivity index (χ1v) is 4.77. The molecule has 0 bridgehead atoms. The lowest BCUT2D eigenvalue weighted by atomic mass is 10.3. The van der Waals surface area contributed by atoms with Crippen LogP contribution in [0.1, 0.15) is 26.3 Å². The Balaban J connectivity index is 2.36. The van der Waals surface area contributed by atoms with Gasteiger partial charge in [-0.15, -0.1) is 11.8 Å². The average Bonchev–Trinajstić information content (AvgIpc) is 2.76. The molecule has 0 fully saturated rings. The molecule has 1 atom stereocenters. The van der Waals surface area contributed by atoms with Crippen molar-refractivity contribution in [3.05, 3.63) is 12.7 Å². The van der Waals surface area contributed by atoms with Gasteiger partial charge in [-0.1, -0.05) is 0 Å². The summed E-state index contributed by atoms with van der Waals surface area (Å²) in [5.74, 6) is 5.58. The van der Waals surface area contributed by atoms with Crippen LogP contribution < -0.4 is 5.32 Å². The Morgan fingerprint density at radius 1 is 1.67 bits per heavy atom. The molecule has 0 aliphatic rings. The largest absolute Gasteiger partial charge is 0.353 e. The third-order valence-electron chi connectivity index (χ3n) is 1.94. The molecule has 0 aromatic carbocycles. The number of aromatic nitrogens is 3. The van der Waals surface area contributed by atoms with Crippen molar-refractivity contribution < 1.29 is 4.79 Å². The minimum Gasteiger partial charge on any atom is -0.353 e. The van der Waals surface area contributed by atoms with Gasteiger partial charge in [-0.25, -0.2) is 9.67 Å². The van der Waals surface area contributed by atoms with Crippen molar-refractivity contribution in [3.8, 4) is 11.8 Å². The topological polar surface area (TPSA) is 59.8 Å². The Bertz CT molecular complexity index is 361. The molecule has 0 radical (unpaired) electrons. The van der Waals surface area contributed by atoms with Crippen LogP contribution in [-0.4, -0.2) is 27.2 Å².